The Balaban J connectivity index is 1.52. The average molecular weight is 465 g/mol. The van der Waals surface area contributed by atoms with Crippen LogP contribution in [0.4, 0.5) is 4.79 Å². The van der Waals surface area contributed by atoms with Crippen LogP contribution >= 0.6 is 0 Å². The van der Waals surface area contributed by atoms with Crippen molar-refractivity contribution in [3.05, 3.63) is 72.3 Å². The zero-order chi connectivity index (χ0) is 24.5. The Labute approximate surface area is 200 Å². The molecule has 0 saturated heterocycles. The molecule has 1 aliphatic carbocycles. The Hall–Kier alpha value is -3.61. The first kappa shape index (κ1) is 25.0. The van der Waals surface area contributed by atoms with E-state index in [2.05, 4.69) is 29.3 Å². The number of rotatable bonds is 12. The molecule has 7 nitrogen and oxygen atoms in total. The van der Waals surface area contributed by atoms with Crippen LogP contribution in [-0.2, 0) is 14.3 Å². The Kier molecular flexibility index (Phi) is 8.85. The highest BCUT2D eigenvalue weighted by Gasteiger charge is 2.29. The summed E-state index contributed by atoms with van der Waals surface area (Å²) in [6.45, 7) is 6.19. The molecule has 2 unspecified atom stereocenters. The van der Waals surface area contributed by atoms with Crippen molar-refractivity contribution in [2.45, 2.75) is 44.6 Å². The zero-order valence-corrected chi connectivity index (χ0v) is 19.5. The molecule has 2 aromatic rings. The van der Waals surface area contributed by atoms with Crippen molar-refractivity contribution < 1.29 is 24.2 Å². The van der Waals surface area contributed by atoms with Gasteiger partial charge in [-0.2, -0.15) is 0 Å². The van der Waals surface area contributed by atoms with Crippen LogP contribution in [0.5, 0.6) is 0 Å². The first-order chi connectivity index (χ1) is 16.4. The molecular weight excluding hydrogens is 432 g/mol. The number of nitrogens with one attached hydrogen (secondary N) is 2. The quantitative estimate of drug-likeness (QED) is 0.402. The molecule has 0 spiro atoms. The van der Waals surface area contributed by atoms with Gasteiger partial charge >= 0.3 is 12.1 Å². The molecule has 34 heavy (non-hydrogen) atoms. The molecule has 7 heteroatoms. The number of carbonyl (C=O) groups is 3. The summed E-state index contributed by atoms with van der Waals surface area (Å²) in [5.74, 6) is -1.03. The van der Waals surface area contributed by atoms with Gasteiger partial charge in [0.15, 0.2) is 0 Å². The molecule has 2 amide bonds. The smallest absolute Gasteiger partial charge is 0.407 e. The van der Waals surface area contributed by atoms with Crippen LogP contribution < -0.4 is 10.6 Å². The number of hydrogen-bond donors (Lipinski definition) is 3. The number of ether oxygens (including phenoxy) is 1. The summed E-state index contributed by atoms with van der Waals surface area (Å²) >= 11 is 0. The van der Waals surface area contributed by atoms with Crippen LogP contribution in [-0.4, -0.2) is 42.3 Å². The second kappa shape index (κ2) is 12.0. The molecule has 2 atom stereocenters. The highest BCUT2D eigenvalue weighted by atomic mass is 16.5. The lowest BCUT2D eigenvalue weighted by molar-refractivity contribution is -0.137. The summed E-state index contributed by atoms with van der Waals surface area (Å²) < 4.78 is 5.54. The van der Waals surface area contributed by atoms with E-state index in [1.165, 1.54) is 0 Å². The molecule has 0 bridgehead atoms. The van der Waals surface area contributed by atoms with Gasteiger partial charge in [0.2, 0.25) is 5.91 Å². The molecule has 2 aromatic carbocycles. The molecule has 1 aliphatic rings. The fraction of sp³-hybridized carbons (Fsp3) is 0.370. The maximum absolute atomic E-state index is 12.6. The second-order valence-corrected chi connectivity index (χ2v) is 8.66. The fourth-order valence-electron chi connectivity index (χ4n) is 4.26. The number of fused-ring (bicyclic) bond motifs is 3. The van der Waals surface area contributed by atoms with E-state index in [-0.39, 0.29) is 37.2 Å². The second-order valence-electron chi connectivity index (χ2n) is 8.66. The first-order valence-corrected chi connectivity index (χ1v) is 11.6. The highest BCUT2D eigenvalue weighted by Crippen LogP contribution is 2.44. The third kappa shape index (κ3) is 6.47. The van der Waals surface area contributed by atoms with Gasteiger partial charge in [-0.1, -0.05) is 61.5 Å². The van der Waals surface area contributed by atoms with Crippen molar-refractivity contribution in [2.75, 3.05) is 13.2 Å². The largest absolute Gasteiger partial charge is 0.481 e. The minimum atomic E-state index is -0.825. The van der Waals surface area contributed by atoms with E-state index in [9.17, 15) is 14.4 Å². The SMILES string of the molecule is C=CCC(NC(=O)OCC1c2ccccc2-c2ccccc21)C(=O)NCCC(C)CCC(=O)O. The number of benzene rings is 2. The standard InChI is InChI=1S/C27H32N2O5/c1-3-8-24(26(32)28-16-15-18(2)13-14-25(30)31)29-27(33)34-17-23-21-11-6-4-9-19(21)20-10-5-7-12-22(20)23/h3-7,9-12,18,23-24H,1,8,13-17H2,2H3,(H,28,32)(H,29,33)(H,30,31). The van der Waals surface area contributed by atoms with Gasteiger partial charge in [0.25, 0.3) is 0 Å². The Morgan fingerprint density at radius 2 is 1.68 bits per heavy atom. The Bertz CT molecular complexity index is 990. The van der Waals surface area contributed by atoms with E-state index in [0.29, 0.717) is 19.4 Å². The molecule has 0 aliphatic heterocycles. The summed E-state index contributed by atoms with van der Waals surface area (Å²) in [4.78, 5) is 35.8. The van der Waals surface area contributed by atoms with Crippen molar-refractivity contribution in [1.29, 1.82) is 0 Å². The third-order valence-electron chi connectivity index (χ3n) is 6.14. The summed E-state index contributed by atoms with van der Waals surface area (Å²) in [5.41, 5.74) is 4.53. The lowest BCUT2D eigenvalue weighted by atomic mass is 9.98. The molecule has 0 aromatic heterocycles. The van der Waals surface area contributed by atoms with E-state index < -0.39 is 18.1 Å². The van der Waals surface area contributed by atoms with Gasteiger partial charge < -0.3 is 20.5 Å². The van der Waals surface area contributed by atoms with Crippen molar-refractivity contribution in [3.8, 4) is 11.1 Å². The van der Waals surface area contributed by atoms with Gasteiger partial charge in [-0.25, -0.2) is 4.79 Å². The van der Waals surface area contributed by atoms with Gasteiger partial charge in [0.05, 0.1) is 0 Å². The lowest BCUT2D eigenvalue weighted by Gasteiger charge is -2.19. The van der Waals surface area contributed by atoms with Crippen molar-refractivity contribution in [3.63, 3.8) is 0 Å². The van der Waals surface area contributed by atoms with Crippen molar-refractivity contribution in [1.82, 2.24) is 10.6 Å². The van der Waals surface area contributed by atoms with E-state index >= 15 is 0 Å². The predicted molar refractivity (Wildman–Crippen MR) is 130 cm³/mol. The highest BCUT2D eigenvalue weighted by molar-refractivity contribution is 5.86. The van der Waals surface area contributed by atoms with Crippen LogP contribution in [0.2, 0.25) is 0 Å². The minimum Gasteiger partial charge on any atom is -0.481 e. The van der Waals surface area contributed by atoms with Gasteiger partial charge in [-0.05, 0) is 47.4 Å². The van der Waals surface area contributed by atoms with Crippen LogP contribution in [0.25, 0.3) is 11.1 Å². The van der Waals surface area contributed by atoms with Gasteiger partial charge in [-0.3, -0.25) is 9.59 Å². The number of alkyl carbamates (subject to hydrolysis) is 1. The van der Waals surface area contributed by atoms with Crippen LogP contribution in [0.3, 0.4) is 0 Å². The van der Waals surface area contributed by atoms with Gasteiger partial charge in [-0.15, -0.1) is 6.58 Å². The molecule has 0 radical (unpaired) electrons. The number of carboxylic acid groups (broad SMARTS) is 1. The number of hydrogen-bond acceptors (Lipinski definition) is 4. The maximum atomic E-state index is 12.6. The van der Waals surface area contributed by atoms with Crippen LogP contribution in [0.15, 0.2) is 61.2 Å². The normalized spacial score (nSPS) is 13.8. The van der Waals surface area contributed by atoms with E-state index in [0.717, 1.165) is 22.3 Å². The summed E-state index contributed by atoms with van der Waals surface area (Å²) in [7, 11) is 0. The summed E-state index contributed by atoms with van der Waals surface area (Å²) in [6.07, 6.45) is 2.51. The number of carboxylic acids is 1. The minimum absolute atomic E-state index is 0.0582. The fourth-order valence-corrected chi connectivity index (χ4v) is 4.26. The van der Waals surface area contributed by atoms with Crippen LogP contribution in [0.1, 0.15) is 49.7 Å². The van der Waals surface area contributed by atoms with Crippen LogP contribution in [0, 0.1) is 5.92 Å². The molecular formula is C27H32N2O5. The Morgan fingerprint density at radius 1 is 1.06 bits per heavy atom. The summed E-state index contributed by atoms with van der Waals surface area (Å²) in [6, 6.07) is 15.4. The van der Waals surface area contributed by atoms with Crippen molar-refractivity contribution >= 4 is 18.0 Å². The van der Waals surface area contributed by atoms with Gasteiger partial charge in [0, 0.05) is 18.9 Å². The monoisotopic (exact) mass is 464 g/mol. The van der Waals surface area contributed by atoms with Gasteiger partial charge in [0.1, 0.15) is 12.6 Å². The molecule has 0 heterocycles. The van der Waals surface area contributed by atoms with E-state index in [4.69, 9.17) is 9.84 Å². The van der Waals surface area contributed by atoms with Crippen molar-refractivity contribution in [2.24, 2.45) is 5.92 Å². The Morgan fingerprint density at radius 3 is 2.26 bits per heavy atom. The van der Waals surface area contributed by atoms with E-state index in [1.807, 2.05) is 43.3 Å². The maximum Gasteiger partial charge on any atom is 0.407 e. The zero-order valence-electron chi connectivity index (χ0n) is 19.5. The number of carbonyl (C=O) groups excluding carboxylic acids is 2. The molecule has 0 fully saturated rings. The molecule has 3 N–H and O–H groups in total. The predicted octanol–water partition coefficient (Wildman–Crippen LogP) is 4.48. The van der Waals surface area contributed by atoms with E-state index in [1.54, 1.807) is 6.08 Å². The first-order valence-electron chi connectivity index (χ1n) is 11.6. The number of amides is 2. The average Bonchev–Trinajstić information content (AvgIpc) is 3.15. The summed E-state index contributed by atoms with van der Waals surface area (Å²) in [5, 5.41) is 14.2. The lowest BCUT2D eigenvalue weighted by Crippen LogP contribution is -2.47. The third-order valence-corrected chi connectivity index (χ3v) is 6.14. The number of aliphatic carboxylic acids is 1. The molecule has 180 valence electrons. The topological polar surface area (TPSA) is 105 Å². The molecule has 0 saturated carbocycles. The molecule has 3 rings (SSSR count).